The van der Waals surface area contributed by atoms with Crippen molar-refractivity contribution in [3.8, 4) is 0 Å². The van der Waals surface area contributed by atoms with Crippen molar-refractivity contribution in [2.24, 2.45) is 0 Å². The average Bonchev–Trinajstić information content (AvgIpc) is 2.28. The zero-order chi connectivity index (χ0) is 9.30. The molecule has 0 spiro atoms. The summed E-state index contributed by atoms with van der Waals surface area (Å²) in [6.07, 6.45) is 0. The van der Waals surface area contributed by atoms with Gasteiger partial charge in [0.1, 0.15) is 0 Å². The third kappa shape index (κ3) is 1.64. The number of aromatic nitrogens is 1. The van der Waals surface area contributed by atoms with Crippen LogP contribution in [0.5, 0.6) is 0 Å². The van der Waals surface area contributed by atoms with Crippen molar-refractivity contribution in [1.82, 2.24) is 4.98 Å². The van der Waals surface area contributed by atoms with Gasteiger partial charge >= 0.3 is 5.97 Å². The lowest BCUT2D eigenvalue weighted by atomic mass is 10.1. The molecule has 1 rings (SSSR count). The van der Waals surface area contributed by atoms with Gasteiger partial charge in [-0.25, -0.2) is 4.98 Å². The van der Waals surface area contributed by atoms with Crippen molar-refractivity contribution in [3.63, 3.8) is 0 Å². The van der Waals surface area contributed by atoms with Gasteiger partial charge in [-0.3, -0.25) is 4.79 Å². The van der Waals surface area contributed by atoms with Gasteiger partial charge in [0.2, 0.25) is 0 Å². The standard InChI is InChI=1S/C8H11NO2S/c1-4(8(10)11)7-5(2)12-6(3)9-7/h4H,1-3H3,(H,10,11). The number of hydrogen-bond acceptors (Lipinski definition) is 3. The Bertz CT molecular complexity index is 306. The topological polar surface area (TPSA) is 50.2 Å². The van der Waals surface area contributed by atoms with E-state index in [4.69, 9.17) is 5.11 Å². The molecule has 0 aromatic carbocycles. The number of aliphatic carboxylic acids is 1. The summed E-state index contributed by atoms with van der Waals surface area (Å²) in [6, 6.07) is 0. The first-order chi connectivity index (χ1) is 5.52. The Morgan fingerprint density at radius 1 is 1.58 bits per heavy atom. The Labute approximate surface area is 75.1 Å². The highest BCUT2D eigenvalue weighted by Gasteiger charge is 2.19. The van der Waals surface area contributed by atoms with E-state index in [2.05, 4.69) is 4.98 Å². The van der Waals surface area contributed by atoms with Crippen molar-refractivity contribution in [3.05, 3.63) is 15.6 Å². The molecule has 0 amide bonds. The number of carboxylic acids is 1. The van der Waals surface area contributed by atoms with Crippen molar-refractivity contribution >= 4 is 17.3 Å². The second-order valence-corrected chi connectivity index (χ2v) is 4.14. The van der Waals surface area contributed by atoms with Crippen LogP contribution in [0.15, 0.2) is 0 Å². The Kier molecular flexibility index (Phi) is 2.47. The fraction of sp³-hybridized carbons (Fsp3) is 0.500. The Morgan fingerprint density at radius 3 is 2.50 bits per heavy atom. The molecule has 4 heteroatoms. The van der Waals surface area contributed by atoms with Crippen LogP contribution in [0.1, 0.15) is 28.4 Å². The molecular formula is C8H11NO2S. The predicted molar refractivity (Wildman–Crippen MR) is 47.6 cm³/mol. The van der Waals surface area contributed by atoms with E-state index in [0.29, 0.717) is 5.69 Å². The quantitative estimate of drug-likeness (QED) is 0.766. The van der Waals surface area contributed by atoms with Crippen LogP contribution in [0.4, 0.5) is 0 Å². The molecule has 3 nitrogen and oxygen atoms in total. The highest BCUT2D eigenvalue weighted by atomic mass is 32.1. The molecule has 12 heavy (non-hydrogen) atoms. The maximum absolute atomic E-state index is 10.6. The molecule has 0 saturated carbocycles. The van der Waals surface area contributed by atoms with E-state index in [1.807, 2.05) is 13.8 Å². The molecule has 66 valence electrons. The molecule has 1 unspecified atom stereocenters. The first kappa shape index (κ1) is 9.19. The van der Waals surface area contributed by atoms with Gasteiger partial charge in [-0.05, 0) is 20.8 Å². The van der Waals surface area contributed by atoms with E-state index in [1.54, 1.807) is 18.3 Å². The number of aryl methyl sites for hydroxylation is 2. The summed E-state index contributed by atoms with van der Waals surface area (Å²) in [4.78, 5) is 15.8. The Balaban J connectivity index is 3.02. The van der Waals surface area contributed by atoms with Crippen LogP contribution in [0, 0.1) is 13.8 Å². The van der Waals surface area contributed by atoms with Gasteiger partial charge in [-0.2, -0.15) is 0 Å². The molecule has 0 radical (unpaired) electrons. The molecule has 1 N–H and O–H groups in total. The minimum absolute atomic E-state index is 0.491. The summed E-state index contributed by atoms with van der Waals surface area (Å²) < 4.78 is 0. The summed E-state index contributed by atoms with van der Waals surface area (Å²) in [5.41, 5.74) is 0.699. The molecule has 0 aliphatic heterocycles. The summed E-state index contributed by atoms with van der Waals surface area (Å²) in [6.45, 7) is 5.44. The van der Waals surface area contributed by atoms with E-state index in [-0.39, 0.29) is 0 Å². The number of hydrogen-bond donors (Lipinski definition) is 1. The fourth-order valence-corrected chi connectivity index (χ4v) is 1.98. The van der Waals surface area contributed by atoms with Crippen LogP contribution in [-0.2, 0) is 4.79 Å². The van der Waals surface area contributed by atoms with E-state index in [0.717, 1.165) is 9.88 Å². The van der Waals surface area contributed by atoms with Crippen molar-refractivity contribution in [2.75, 3.05) is 0 Å². The number of carbonyl (C=O) groups is 1. The van der Waals surface area contributed by atoms with Crippen LogP contribution in [0.2, 0.25) is 0 Å². The Morgan fingerprint density at radius 2 is 2.17 bits per heavy atom. The lowest BCUT2D eigenvalue weighted by molar-refractivity contribution is -0.138. The van der Waals surface area contributed by atoms with Crippen LogP contribution in [-0.4, -0.2) is 16.1 Å². The van der Waals surface area contributed by atoms with Gasteiger partial charge in [-0.15, -0.1) is 11.3 Å². The molecule has 1 heterocycles. The van der Waals surface area contributed by atoms with Crippen molar-refractivity contribution in [1.29, 1.82) is 0 Å². The monoisotopic (exact) mass is 185 g/mol. The second kappa shape index (κ2) is 3.23. The zero-order valence-electron chi connectivity index (χ0n) is 7.29. The molecule has 0 fully saturated rings. The lowest BCUT2D eigenvalue weighted by Crippen LogP contribution is -2.08. The number of thiazole rings is 1. The largest absolute Gasteiger partial charge is 0.481 e. The molecule has 1 atom stereocenters. The second-order valence-electron chi connectivity index (χ2n) is 2.73. The molecule has 0 aliphatic rings. The normalized spacial score (nSPS) is 12.9. The summed E-state index contributed by atoms with van der Waals surface area (Å²) in [5, 5.41) is 9.66. The zero-order valence-corrected chi connectivity index (χ0v) is 8.10. The van der Waals surface area contributed by atoms with Crippen molar-refractivity contribution < 1.29 is 9.90 Å². The van der Waals surface area contributed by atoms with E-state index >= 15 is 0 Å². The maximum Gasteiger partial charge on any atom is 0.312 e. The molecule has 0 saturated heterocycles. The summed E-state index contributed by atoms with van der Waals surface area (Å²) in [7, 11) is 0. The number of nitrogens with zero attached hydrogens (tertiary/aromatic N) is 1. The third-order valence-corrected chi connectivity index (χ3v) is 2.62. The van der Waals surface area contributed by atoms with Gasteiger partial charge in [0, 0.05) is 4.88 Å². The summed E-state index contributed by atoms with van der Waals surface area (Å²) >= 11 is 1.54. The number of carboxylic acid groups (broad SMARTS) is 1. The van der Waals surface area contributed by atoms with Gasteiger partial charge in [0.15, 0.2) is 0 Å². The van der Waals surface area contributed by atoms with Crippen molar-refractivity contribution in [2.45, 2.75) is 26.7 Å². The lowest BCUT2D eigenvalue weighted by Gasteiger charge is -2.02. The van der Waals surface area contributed by atoms with Crippen LogP contribution in [0.3, 0.4) is 0 Å². The maximum atomic E-state index is 10.6. The minimum atomic E-state index is -0.816. The molecule has 0 aliphatic carbocycles. The van der Waals surface area contributed by atoms with E-state index < -0.39 is 11.9 Å². The van der Waals surface area contributed by atoms with E-state index in [1.165, 1.54) is 0 Å². The van der Waals surface area contributed by atoms with Crippen LogP contribution in [0.25, 0.3) is 0 Å². The Hall–Kier alpha value is -0.900. The predicted octanol–water partition coefficient (Wildman–Crippen LogP) is 1.95. The van der Waals surface area contributed by atoms with Gasteiger partial charge in [0.05, 0.1) is 16.6 Å². The third-order valence-electron chi connectivity index (χ3n) is 1.72. The van der Waals surface area contributed by atoms with E-state index in [9.17, 15) is 4.79 Å². The summed E-state index contributed by atoms with van der Waals surface area (Å²) in [5.74, 6) is -1.31. The fourth-order valence-electron chi connectivity index (χ4n) is 1.06. The molecule has 0 bridgehead atoms. The van der Waals surface area contributed by atoms with Crippen LogP contribution >= 0.6 is 11.3 Å². The van der Waals surface area contributed by atoms with Crippen LogP contribution < -0.4 is 0 Å². The molecule has 1 aromatic rings. The average molecular weight is 185 g/mol. The van der Waals surface area contributed by atoms with Gasteiger partial charge in [0.25, 0.3) is 0 Å². The molecular weight excluding hydrogens is 174 g/mol. The SMILES string of the molecule is Cc1nc(C(C)C(=O)O)c(C)s1. The minimum Gasteiger partial charge on any atom is -0.481 e. The smallest absolute Gasteiger partial charge is 0.312 e. The first-order valence-electron chi connectivity index (χ1n) is 3.69. The van der Waals surface area contributed by atoms with Gasteiger partial charge in [-0.1, -0.05) is 0 Å². The first-order valence-corrected chi connectivity index (χ1v) is 4.50. The highest BCUT2D eigenvalue weighted by Crippen LogP contribution is 2.23. The highest BCUT2D eigenvalue weighted by molar-refractivity contribution is 7.11. The molecule has 1 aromatic heterocycles. The number of rotatable bonds is 2. The van der Waals surface area contributed by atoms with Gasteiger partial charge < -0.3 is 5.11 Å².